The normalized spacial score (nSPS) is 36.2. The molecule has 0 aromatic heterocycles. The Morgan fingerprint density at radius 3 is 2.88 bits per heavy atom. The maximum Gasteiger partial charge on any atom is 0.222 e. The van der Waals surface area contributed by atoms with E-state index >= 15 is 0 Å². The van der Waals surface area contributed by atoms with E-state index in [1.807, 2.05) is 11.5 Å². The predicted molar refractivity (Wildman–Crippen MR) is 33.3 cm³/mol. The van der Waals surface area contributed by atoms with Gasteiger partial charge in [-0.25, -0.2) is 0 Å². The predicted octanol–water partition coefficient (Wildman–Crippen LogP) is 0.929. The van der Waals surface area contributed by atoms with Gasteiger partial charge in [0.25, 0.3) is 0 Å². The molecule has 1 heterocycles. The van der Waals surface area contributed by atoms with E-state index in [0.717, 1.165) is 0 Å². The molecule has 3 heteroatoms. The summed E-state index contributed by atoms with van der Waals surface area (Å²) < 4.78 is 4.75. The second-order valence-corrected chi connectivity index (χ2v) is 2.76. The first kappa shape index (κ1) is 6.13. The molecule has 0 aromatic carbocycles. The third kappa shape index (κ3) is 1.05. The summed E-state index contributed by atoms with van der Waals surface area (Å²) in [5.41, 5.74) is 0. The molecule has 1 aliphatic rings. The maximum absolute atomic E-state index is 9.18. The van der Waals surface area contributed by atoms with Crippen molar-refractivity contribution in [1.82, 2.24) is 0 Å². The molecular formula is C5H8O2S. The fraction of sp³-hybridized carbons (Fsp3) is 0.600. The van der Waals surface area contributed by atoms with Crippen molar-refractivity contribution in [3.63, 3.8) is 0 Å². The van der Waals surface area contributed by atoms with Crippen LogP contribution in [-0.2, 0) is 4.74 Å². The highest BCUT2D eigenvalue weighted by Crippen LogP contribution is 2.33. The topological polar surface area (TPSA) is 29.5 Å². The molecule has 1 unspecified atom stereocenters. The van der Waals surface area contributed by atoms with Crippen molar-refractivity contribution in [2.24, 2.45) is 0 Å². The zero-order valence-electron chi connectivity index (χ0n) is 4.63. The summed E-state index contributed by atoms with van der Waals surface area (Å²) in [4.78, 5) is 0. The molecule has 0 aliphatic carbocycles. The minimum Gasteiger partial charge on any atom is -0.357 e. The van der Waals surface area contributed by atoms with Gasteiger partial charge in [0.2, 0.25) is 5.12 Å². The van der Waals surface area contributed by atoms with Gasteiger partial charge in [-0.2, -0.15) is 0 Å². The Kier molecular flexibility index (Phi) is 1.60. The van der Waals surface area contributed by atoms with E-state index in [1.165, 1.54) is 18.9 Å². The highest BCUT2D eigenvalue weighted by molar-refractivity contribution is 8.03. The molecule has 0 bridgehead atoms. The van der Waals surface area contributed by atoms with Gasteiger partial charge in [-0.1, -0.05) is 17.8 Å². The summed E-state index contributed by atoms with van der Waals surface area (Å²) in [7, 11) is 1.50. The third-order valence-corrected chi connectivity index (χ3v) is 2.07. The Hall–Kier alpha value is 0.01000. The number of rotatable bonds is 1. The Balaban J connectivity index is 2.46. The Morgan fingerprint density at radius 2 is 2.62 bits per heavy atom. The van der Waals surface area contributed by atoms with Gasteiger partial charge < -0.3 is 9.84 Å². The summed E-state index contributed by atoms with van der Waals surface area (Å²) in [5.74, 6) is 0. The van der Waals surface area contributed by atoms with Crippen LogP contribution >= 0.6 is 11.8 Å². The quantitative estimate of drug-likeness (QED) is 0.538. The van der Waals surface area contributed by atoms with Crippen LogP contribution in [0.15, 0.2) is 11.5 Å². The van der Waals surface area contributed by atoms with E-state index in [1.54, 1.807) is 0 Å². The van der Waals surface area contributed by atoms with Crippen LogP contribution in [0.5, 0.6) is 0 Å². The van der Waals surface area contributed by atoms with Crippen molar-refractivity contribution < 1.29 is 9.84 Å². The summed E-state index contributed by atoms with van der Waals surface area (Å²) in [6.07, 6.45) is 2.47. The minimum atomic E-state index is -0.958. The number of aliphatic hydroxyl groups is 1. The van der Waals surface area contributed by atoms with Gasteiger partial charge in [-0.05, 0) is 5.41 Å². The third-order valence-electron chi connectivity index (χ3n) is 1.04. The standard InChI is InChI=1S/C5H8O2S/c1-7-5(6)3-2-4-8-5/h2,4,6H,3H2,1H3. The second kappa shape index (κ2) is 2.09. The van der Waals surface area contributed by atoms with Crippen molar-refractivity contribution in [1.29, 1.82) is 0 Å². The van der Waals surface area contributed by atoms with Crippen molar-refractivity contribution in [3.8, 4) is 0 Å². The fourth-order valence-corrected chi connectivity index (χ4v) is 1.22. The zero-order valence-corrected chi connectivity index (χ0v) is 5.44. The van der Waals surface area contributed by atoms with Crippen LogP contribution in [0.4, 0.5) is 0 Å². The average molecular weight is 132 g/mol. The molecule has 2 nitrogen and oxygen atoms in total. The lowest BCUT2D eigenvalue weighted by Gasteiger charge is -2.17. The Labute approximate surface area is 52.5 Å². The van der Waals surface area contributed by atoms with Crippen LogP contribution < -0.4 is 0 Å². The summed E-state index contributed by atoms with van der Waals surface area (Å²) >= 11 is 1.30. The molecule has 0 fully saturated rings. The smallest absolute Gasteiger partial charge is 0.222 e. The van der Waals surface area contributed by atoms with Gasteiger partial charge in [-0.3, -0.25) is 0 Å². The molecule has 1 N–H and O–H groups in total. The van der Waals surface area contributed by atoms with Crippen LogP contribution in [-0.4, -0.2) is 17.3 Å². The summed E-state index contributed by atoms with van der Waals surface area (Å²) in [5, 5.41) is 10.1. The lowest BCUT2D eigenvalue weighted by molar-refractivity contribution is -0.101. The van der Waals surface area contributed by atoms with E-state index in [4.69, 9.17) is 4.74 Å². The number of ether oxygens (including phenoxy) is 1. The van der Waals surface area contributed by atoms with E-state index in [9.17, 15) is 5.11 Å². The van der Waals surface area contributed by atoms with Crippen molar-refractivity contribution in [2.45, 2.75) is 11.5 Å². The number of methoxy groups -OCH3 is 1. The van der Waals surface area contributed by atoms with E-state index < -0.39 is 5.12 Å². The van der Waals surface area contributed by atoms with Gasteiger partial charge in [0, 0.05) is 13.5 Å². The number of hydrogen-bond acceptors (Lipinski definition) is 3. The van der Waals surface area contributed by atoms with Crippen LogP contribution in [0, 0.1) is 0 Å². The van der Waals surface area contributed by atoms with Crippen LogP contribution in [0.1, 0.15) is 6.42 Å². The lowest BCUT2D eigenvalue weighted by atomic mass is 10.4. The van der Waals surface area contributed by atoms with E-state index in [-0.39, 0.29) is 0 Å². The molecule has 1 atom stereocenters. The second-order valence-electron chi connectivity index (χ2n) is 1.61. The van der Waals surface area contributed by atoms with Crippen LogP contribution in [0.3, 0.4) is 0 Å². The first-order chi connectivity index (χ1) is 3.77. The molecule has 0 aromatic rings. The molecule has 0 saturated heterocycles. The van der Waals surface area contributed by atoms with Crippen LogP contribution in [0.2, 0.25) is 0 Å². The number of thioether (sulfide) groups is 1. The highest BCUT2D eigenvalue weighted by Gasteiger charge is 2.27. The van der Waals surface area contributed by atoms with Crippen molar-refractivity contribution >= 4 is 11.8 Å². The van der Waals surface area contributed by atoms with Gasteiger partial charge in [0.05, 0.1) is 0 Å². The minimum absolute atomic E-state index is 0.591. The molecule has 0 amide bonds. The first-order valence-corrected chi connectivity index (χ1v) is 3.25. The molecule has 8 heavy (non-hydrogen) atoms. The van der Waals surface area contributed by atoms with Gasteiger partial charge in [-0.15, -0.1) is 0 Å². The zero-order chi connectivity index (χ0) is 6.04. The summed E-state index contributed by atoms with van der Waals surface area (Å²) in [6, 6.07) is 0. The van der Waals surface area contributed by atoms with Gasteiger partial charge >= 0.3 is 0 Å². The SMILES string of the molecule is COC1(O)CC=CS1. The molecule has 1 aliphatic heterocycles. The van der Waals surface area contributed by atoms with E-state index in [0.29, 0.717) is 6.42 Å². The molecule has 0 radical (unpaired) electrons. The first-order valence-electron chi connectivity index (χ1n) is 2.37. The monoisotopic (exact) mass is 132 g/mol. The molecular weight excluding hydrogens is 124 g/mol. The Morgan fingerprint density at radius 1 is 1.88 bits per heavy atom. The molecule has 0 saturated carbocycles. The van der Waals surface area contributed by atoms with Crippen LogP contribution in [0.25, 0.3) is 0 Å². The van der Waals surface area contributed by atoms with Gasteiger partial charge in [0.15, 0.2) is 0 Å². The maximum atomic E-state index is 9.18. The van der Waals surface area contributed by atoms with E-state index in [2.05, 4.69) is 0 Å². The molecule has 1 rings (SSSR count). The fourth-order valence-electron chi connectivity index (χ4n) is 0.531. The van der Waals surface area contributed by atoms with Gasteiger partial charge in [0.1, 0.15) is 0 Å². The highest BCUT2D eigenvalue weighted by atomic mass is 32.2. The lowest BCUT2D eigenvalue weighted by Crippen LogP contribution is -2.22. The number of hydrogen-bond donors (Lipinski definition) is 1. The largest absolute Gasteiger partial charge is 0.357 e. The molecule has 0 spiro atoms. The molecule has 46 valence electrons. The van der Waals surface area contributed by atoms with Crippen molar-refractivity contribution in [2.75, 3.05) is 7.11 Å². The Bertz CT molecular complexity index is 103. The summed E-state index contributed by atoms with van der Waals surface area (Å²) in [6.45, 7) is 0. The van der Waals surface area contributed by atoms with Crippen molar-refractivity contribution in [3.05, 3.63) is 11.5 Å². The average Bonchev–Trinajstić information content (AvgIpc) is 2.17.